The molecule has 1 aromatic rings. The van der Waals surface area contributed by atoms with Crippen LogP contribution in [0.2, 0.25) is 5.15 Å². The normalized spacial score (nSPS) is 12.5. The van der Waals surface area contributed by atoms with Crippen molar-refractivity contribution >= 4 is 43.4 Å². The number of hydrogen-bond donors (Lipinski definition) is 2. The van der Waals surface area contributed by atoms with Crippen molar-refractivity contribution in [2.75, 3.05) is 11.3 Å². The third-order valence-electron chi connectivity index (χ3n) is 1.51. The molecule has 1 aromatic heterocycles. The van der Waals surface area contributed by atoms with Crippen LogP contribution in [0.15, 0.2) is 16.7 Å². The summed E-state index contributed by atoms with van der Waals surface area (Å²) < 4.78 is 61.8. The Balaban J connectivity index is 2.80. The van der Waals surface area contributed by atoms with Gasteiger partial charge in [0, 0.05) is 10.7 Å². The van der Waals surface area contributed by atoms with Gasteiger partial charge in [0.15, 0.2) is 5.15 Å². The summed E-state index contributed by atoms with van der Waals surface area (Å²) in [7, 11) is -4.37. The van der Waals surface area contributed by atoms with Gasteiger partial charge in [-0.25, -0.2) is 4.98 Å². The zero-order valence-corrected chi connectivity index (χ0v) is 11.6. The first-order valence-corrected chi connectivity index (χ1v) is 6.90. The van der Waals surface area contributed by atoms with Crippen LogP contribution in [0, 0.1) is 0 Å². The molecule has 0 unspecified atom stereocenters. The monoisotopic (exact) mass is 367 g/mol. The lowest BCUT2D eigenvalue weighted by molar-refractivity contribution is -0.121. The van der Waals surface area contributed by atoms with Crippen LogP contribution in [0.3, 0.4) is 0 Å². The van der Waals surface area contributed by atoms with Crippen LogP contribution in [-0.2, 0) is 10.2 Å². The predicted molar refractivity (Wildman–Crippen MR) is 63.5 cm³/mol. The number of hydrogen-bond acceptors (Lipinski definition) is 3. The Kier molecular flexibility index (Phi) is 4.81. The maximum absolute atomic E-state index is 11.9. The molecule has 0 fully saturated rings. The molecule has 0 amide bonds. The molecule has 0 radical (unpaired) electrons. The Bertz CT molecular complexity index is 537. The Morgan fingerprint density at radius 2 is 2.06 bits per heavy atom. The van der Waals surface area contributed by atoms with Gasteiger partial charge >= 0.3 is 6.18 Å². The number of aromatic nitrogens is 1. The molecule has 0 atom stereocenters. The molecule has 0 aliphatic rings. The standard InChI is InChI=1S/C7H6BrClF3N3O2S/c8-4-1-5(6(9)13-2-4)15-18(16,17)14-3-7(10,11)12/h1-2,14-15H,3H2. The van der Waals surface area contributed by atoms with Crippen LogP contribution in [0.1, 0.15) is 0 Å². The molecule has 1 rings (SSSR count). The van der Waals surface area contributed by atoms with E-state index < -0.39 is 22.9 Å². The van der Waals surface area contributed by atoms with Gasteiger partial charge in [-0.05, 0) is 22.0 Å². The molecule has 18 heavy (non-hydrogen) atoms. The first-order valence-electron chi connectivity index (χ1n) is 4.24. The molecule has 0 saturated heterocycles. The van der Waals surface area contributed by atoms with E-state index in [-0.39, 0.29) is 10.8 Å². The summed E-state index contributed by atoms with van der Waals surface area (Å²) in [5.74, 6) is 0. The average Bonchev–Trinajstić information content (AvgIpc) is 2.20. The number of alkyl halides is 3. The van der Waals surface area contributed by atoms with E-state index in [0.29, 0.717) is 4.47 Å². The summed E-state index contributed by atoms with van der Waals surface area (Å²) in [6.45, 7) is -1.68. The lowest BCUT2D eigenvalue weighted by atomic mass is 10.4. The summed E-state index contributed by atoms with van der Waals surface area (Å²) in [5, 5.41) is -0.185. The molecule has 0 aromatic carbocycles. The molecule has 5 nitrogen and oxygen atoms in total. The van der Waals surface area contributed by atoms with Crippen molar-refractivity contribution in [2.24, 2.45) is 0 Å². The van der Waals surface area contributed by atoms with E-state index in [1.54, 1.807) is 0 Å². The summed E-state index contributed by atoms with van der Waals surface area (Å²) in [4.78, 5) is 3.61. The minimum atomic E-state index is -4.64. The fourth-order valence-corrected chi connectivity index (χ4v) is 2.26. The molecule has 11 heteroatoms. The third-order valence-corrected chi connectivity index (χ3v) is 3.26. The van der Waals surface area contributed by atoms with Crippen molar-refractivity contribution in [3.8, 4) is 0 Å². The zero-order valence-electron chi connectivity index (χ0n) is 8.42. The second kappa shape index (κ2) is 5.59. The first kappa shape index (κ1) is 15.5. The quantitative estimate of drug-likeness (QED) is 0.801. The van der Waals surface area contributed by atoms with Crippen molar-refractivity contribution in [3.63, 3.8) is 0 Å². The van der Waals surface area contributed by atoms with Gasteiger partial charge in [0.2, 0.25) is 0 Å². The topological polar surface area (TPSA) is 71.1 Å². The molecule has 0 bridgehead atoms. The van der Waals surface area contributed by atoms with E-state index in [1.807, 2.05) is 4.72 Å². The molecule has 0 aliphatic carbocycles. The Morgan fingerprint density at radius 3 is 2.61 bits per heavy atom. The maximum Gasteiger partial charge on any atom is 0.402 e. The number of nitrogens with one attached hydrogen (secondary N) is 2. The van der Waals surface area contributed by atoms with Gasteiger partial charge in [0.25, 0.3) is 10.2 Å². The summed E-state index contributed by atoms with van der Waals surface area (Å²) in [6, 6.07) is 1.27. The summed E-state index contributed by atoms with van der Waals surface area (Å²) in [6.07, 6.45) is -3.34. The molecule has 102 valence electrons. The minimum Gasteiger partial charge on any atom is -0.268 e. The zero-order chi connectivity index (χ0) is 14.0. The van der Waals surface area contributed by atoms with E-state index in [4.69, 9.17) is 11.6 Å². The maximum atomic E-state index is 11.9. The van der Waals surface area contributed by atoms with E-state index >= 15 is 0 Å². The van der Waals surface area contributed by atoms with E-state index in [0.717, 1.165) is 0 Å². The number of nitrogens with zero attached hydrogens (tertiary/aromatic N) is 1. The van der Waals surface area contributed by atoms with Crippen LogP contribution in [0.4, 0.5) is 18.9 Å². The van der Waals surface area contributed by atoms with Gasteiger partial charge in [-0.15, -0.1) is 0 Å². The first-order chi connectivity index (χ1) is 8.09. The van der Waals surface area contributed by atoms with Gasteiger partial charge < -0.3 is 0 Å². The molecule has 2 N–H and O–H groups in total. The Labute approximate surface area is 114 Å². The Morgan fingerprint density at radius 1 is 1.44 bits per heavy atom. The highest BCUT2D eigenvalue weighted by Crippen LogP contribution is 2.23. The van der Waals surface area contributed by atoms with Crippen LogP contribution < -0.4 is 9.44 Å². The third kappa shape index (κ3) is 5.38. The molecule has 1 heterocycles. The number of anilines is 1. The van der Waals surface area contributed by atoms with Crippen LogP contribution in [-0.4, -0.2) is 26.1 Å². The SMILES string of the molecule is O=S(=O)(NCC(F)(F)F)Nc1cc(Br)cnc1Cl. The molecular weight excluding hydrogens is 363 g/mol. The highest BCUT2D eigenvalue weighted by Gasteiger charge is 2.29. The fraction of sp³-hybridized carbons (Fsp3) is 0.286. The average molecular weight is 369 g/mol. The second-order valence-electron chi connectivity index (χ2n) is 3.03. The van der Waals surface area contributed by atoms with Gasteiger partial charge in [0.05, 0.1) is 5.69 Å². The lowest BCUT2D eigenvalue weighted by Gasteiger charge is -2.11. The number of pyridine rings is 1. The highest BCUT2D eigenvalue weighted by atomic mass is 79.9. The molecule has 0 spiro atoms. The highest BCUT2D eigenvalue weighted by molar-refractivity contribution is 9.10. The van der Waals surface area contributed by atoms with Crippen molar-refractivity contribution in [3.05, 3.63) is 21.9 Å². The molecular formula is C7H6BrClF3N3O2S. The fourth-order valence-electron chi connectivity index (χ4n) is 0.852. The van der Waals surface area contributed by atoms with Crippen LogP contribution >= 0.6 is 27.5 Å². The molecule has 0 aliphatic heterocycles. The van der Waals surface area contributed by atoms with Gasteiger partial charge in [-0.3, -0.25) is 4.72 Å². The van der Waals surface area contributed by atoms with Gasteiger partial charge in [0.1, 0.15) is 6.54 Å². The number of rotatable bonds is 4. The lowest BCUT2D eigenvalue weighted by Crippen LogP contribution is -2.37. The van der Waals surface area contributed by atoms with Crippen LogP contribution in [0.25, 0.3) is 0 Å². The van der Waals surface area contributed by atoms with Gasteiger partial charge in [-0.1, -0.05) is 11.6 Å². The van der Waals surface area contributed by atoms with Crippen molar-refractivity contribution in [1.82, 2.24) is 9.71 Å². The summed E-state index contributed by atoms with van der Waals surface area (Å²) in [5.41, 5.74) is -0.138. The van der Waals surface area contributed by atoms with Gasteiger partial charge in [-0.2, -0.15) is 26.3 Å². The predicted octanol–water partition coefficient (Wildman–Crippen LogP) is 2.31. The largest absolute Gasteiger partial charge is 0.402 e. The number of halogens is 5. The van der Waals surface area contributed by atoms with E-state index in [1.165, 1.54) is 17.0 Å². The van der Waals surface area contributed by atoms with Crippen molar-refractivity contribution in [2.45, 2.75) is 6.18 Å². The second-order valence-corrected chi connectivity index (χ2v) is 5.81. The van der Waals surface area contributed by atoms with Crippen molar-refractivity contribution < 1.29 is 21.6 Å². The van der Waals surface area contributed by atoms with E-state index in [2.05, 4.69) is 20.9 Å². The smallest absolute Gasteiger partial charge is 0.268 e. The summed E-state index contributed by atoms with van der Waals surface area (Å²) >= 11 is 8.60. The Hall–Kier alpha value is -0.580. The molecule has 0 saturated carbocycles. The van der Waals surface area contributed by atoms with Crippen LogP contribution in [0.5, 0.6) is 0 Å². The van der Waals surface area contributed by atoms with Crippen molar-refractivity contribution in [1.29, 1.82) is 0 Å². The minimum absolute atomic E-state index is 0.138. The van der Waals surface area contributed by atoms with E-state index in [9.17, 15) is 21.6 Å².